The number of hydrogen-bond acceptors (Lipinski definition) is 5. The van der Waals surface area contributed by atoms with Gasteiger partial charge >= 0.3 is 0 Å². The SMILES string of the molecule is CSC1(CNc2nc(Cl)nc(Cl)n2)CCCCC1. The molecule has 0 aromatic carbocycles. The van der Waals surface area contributed by atoms with Gasteiger partial charge in [0.1, 0.15) is 0 Å². The molecule has 0 atom stereocenters. The lowest BCUT2D eigenvalue weighted by molar-refractivity contribution is 0.411. The van der Waals surface area contributed by atoms with Crippen molar-refractivity contribution in [1.82, 2.24) is 15.0 Å². The quantitative estimate of drug-likeness (QED) is 0.920. The molecule has 1 aliphatic rings. The Morgan fingerprint density at radius 3 is 2.28 bits per heavy atom. The fourth-order valence-corrected chi connectivity index (χ4v) is 3.57. The summed E-state index contributed by atoms with van der Waals surface area (Å²) in [6, 6.07) is 0. The zero-order chi connectivity index (χ0) is 13.0. The zero-order valence-electron chi connectivity index (χ0n) is 10.2. The fraction of sp³-hybridized carbons (Fsp3) is 0.727. The van der Waals surface area contributed by atoms with E-state index in [9.17, 15) is 0 Å². The first-order chi connectivity index (χ1) is 8.63. The van der Waals surface area contributed by atoms with E-state index in [1.165, 1.54) is 32.1 Å². The van der Waals surface area contributed by atoms with Crippen LogP contribution in [-0.2, 0) is 0 Å². The molecule has 1 saturated carbocycles. The van der Waals surface area contributed by atoms with Gasteiger partial charge in [-0.05, 0) is 42.3 Å². The van der Waals surface area contributed by atoms with Crippen LogP contribution in [0.1, 0.15) is 32.1 Å². The van der Waals surface area contributed by atoms with Gasteiger partial charge in [0.15, 0.2) is 0 Å². The zero-order valence-corrected chi connectivity index (χ0v) is 12.6. The van der Waals surface area contributed by atoms with Crippen LogP contribution in [0.25, 0.3) is 0 Å². The van der Waals surface area contributed by atoms with Crippen LogP contribution >= 0.6 is 35.0 Å². The second-order valence-electron chi connectivity index (χ2n) is 4.50. The van der Waals surface area contributed by atoms with E-state index in [2.05, 4.69) is 26.5 Å². The highest BCUT2D eigenvalue weighted by atomic mass is 35.5. The van der Waals surface area contributed by atoms with E-state index in [-0.39, 0.29) is 15.3 Å². The molecule has 0 bridgehead atoms. The van der Waals surface area contributed by atoms with Crippen LogP contribution in [0.5, 0.6) is 0 Å². The first kappa shape index (κ1) is 14.2. The van der Waals surface area contributed by atoms with E-state index in [0.717, 1.165) is 6.54 Å². The summed E-state index contributed by atoms with van der Waals surface area (Å²) in [6.07, 6.45) is 8.55. The van der Waals surface area contributed by atoms with Gasteiger partial charge in [-0.1, -0.05) is 19.3 Å². The van der Waals surface area contributed by atoms with Crippen molar-refractivity contribution in [2.75, 3.05) is 18.1 Å². The highest BCUT2D eigenvalue weighted by Gasteiger charge is 2.31. The van der Waals surface area contributed by atoms with Gasteiger partial charge < -0.3 is 5.32 Å². The van der Waals surface area contributed by atoms with Gasteiger partial charge in [-0.15, -0.1) is 0 Å². The van der Waals surface area contributed by atoms with Gasteiger partial charge in [0, 0.05) is 11.3 Å². The largest absolute Gasteiger partial charge is 0.353 e. The van der Waals surface area contributed by atoms with Crippen molar-refractivity contribution in [3.05, 3.63) is 10.6 Å². The molecular formula is C11H16Cl2N4S. The average Bonchev–Trinajstić information content (AvgIpc) is 2.36. The first-order valence-electron chi connectivity index (χ1n) is 6.00. The Morgan fingerprint density at radius 2 is 1.72 bits per heavy atom. The Balaban J connectivity index is 2.00. The molecule has 1 aromatic rings. The Bertz CT molecular complexity index is 390. The number of nitrogens with one attached hydrogen (secondary N) is 1. The number of thioether (sulfide) groups is 1. The third-order valence-corrected chi connectivity index (χ3v) is 5.10. The van der Waals surface area contributed by atoms with Gasteiger partial charge in [0.05, 0.1) is 0 Å². The monoisotopic (exact) mass is 306 g/mol. The summed E-state index contributed by atoms with van der Waals surface area (Å²) >= 11 is 13.4. The lowest BCUT2D eigenvalue weighted by Crippen LogP contribution is -2.36. The molecule has 7 heteroatoms. The van der Waals surface area contributed by atoms with Crippen molar-refractivity contribution in [2.24, 2.45) is 0 Å². The predicted octanol–water partition coefficient (Wildman–Crippen LogP) is 3.66. The summed E-state index contributed by atoms with van der Waals surface area (Å²) in [7, 11) is 0. The van der Waals surface area contributed by atoms with Crippen LogP contribution in [0.15, 0.2) is 0 Å². The molecule has 1 aliphatic carbocycles. The predicted molar refractivity (Wildman–Crippen MR) is 77.7 cm³/mol. The Kier molecular flexibility index (Phi) is 4.92. The molecule has 1 N–H and O–H groups in total. The smallest absolute Gasteiger partial charge is 0.228 e. The summed E-state index contributed by atoms with van der Waals surface area (Å²) in [5.74, 6) is 0.457. The lowest BCUT2D eigenvalue weighted by atomic mass is 9.88. The minimum absolute atomic E-state index is 0.124. The second kappa shape index (κ2) is 6.26. The molecule has 4 nitrogen and oxygen atoms in total. The minimum Gasteiger partial charge on any atom is -0.353 e. The van der Waals surface area contributed by atoms with E-state index in [4.69, 9.17) is 23.2 Å². The molecule has 18 heavy (non-hydrogen) atoms. The van der Waals surface area contributed by atoms with Crippen molar-refractivity contribution in [3.8, 4) is 0 Å². The molecule has 1 heterocycles. The normalized spacial score (nSPS) is 18.6. The topological polar surface area (TPSA) is 50.7 Å². The van der Waals surface area contributed by atoms with E-state index in [1.54, 1.807) is 0 Å². The van der Waals surface area contributed by atoms with Crippen LogP contribution in [0.4, 0.5) is 5.95 Å². The fourth-order valence-electron chi connectivity index (χ4n) is 2.29. The molecule has 0 spiro atoms. The maximum atomic E-state index is 5.75. The molecule has 0 saturated heterocycles. The van der Waals surface area contributed by atoms with Crippen molar-refractivity contribution in [2.45, 2.75) is 36.9 Å². The van der Waals surface area contributed by atoms with Crippen molar-refractivity contribution < 1.29 is 0 Å². The highest BCUT2D eigenvalue weighted by molar-refractivity contribution is 8.00. The van der Waals surface area contributed by atoms with Gasteiger partial charge in [-0.2, -0.15) is 26.7 Å². The number of anilines is 1. The number of nitrogens with zero attached hydrogens (tertiary/aromatic N) is 3. The summed E-state index contributed by atoms with van der Waals surface area (Å²) in [6.45, 7) is 0.838. The Hall–Kier alpha value is -0.260. The number of aromatic nitrogens is 3. The van der Waals surface area contributed by atoms with Crippen molar-refractivity contribution in [3.63, 3.8) is 0 Å². The van der Waals surface area contributed by atoms with E-state index >= 15 is 0 Å². The van der Waals surface area contributed by atoms with Crippen molar-refractivity contribution in [1.29, 1.82) is 0 Å². The number of rotatable bonds is 4. The molecule has 1 aromatic heterocycles. The van der Waals surface area contributed by atoms with E-state index < -0.39 is 0 Å². The molecule has 0 unspecified atom stereocenters. The molecule has 0 aliphatic heterocycles. The minimum atomic E-state index is 0.124. The molecule has 1 fully saturated rings. The molecule has 0 amide bonds. The van der Waals surface area contributed by atoms with Crippen LogP contribution in [0.3, 0.4) is 0 Å². The first-order valence-corrected chi connectivity index (χ1v) is 7.98. The summed E-state index contributed by atoms with van der Waals surface area (Å²) < 4.78 is 0.282. The van der Waals surface area contributed by atoms with Crippen LogP contribution in [0.2, 0.25) is 10.6 Å². The molecule has 2 rings (SSSR count). The van der Waals surface area contributed by atoms with E-state index in [0.29, 0.717) is 5.95 Å². The molecular weight excluding hydrogens is 291 g/mol. The summed E-state index contributed by atoms with van der Waals surface area (Å²) in [5, 5.41) is 3.48. The van der Waals surface area contributed by atoms with Gasteiger partial charge in [-0.3, -0.25) is 0 Å². The second-order valence-corrected chi connectivity index (χ2v) is 6.45. The highest BCUT2D eigenvalue weighted by Crippen LogP contribution is 2.38. The van der Waals surface area contributed by atoms with E-state index in [1.807, 2.05) is 11.8 Å². The van der Waals surface area contributed by atoms with Gasteiger partial charge in [0.25, 0.3) is 0 Å². The molecule has 0 radical (unpaired) electrons. The van der Waals surface area contributed by atoms with Gasteiger partial charge in [0.2, 0.25) is 16.5 Å². The number of hydrogen-bond donors (Lipinski definition) is 1. The summed E-state index contributed by atoms with van der Waals surface area (Å²) in [5.41, 5.74) is 0. The van der Waals surface area contributed by atoms with Gasteiger partial charge in [-0.25, -0.2) is 0 Å². The van der Waals surface area contributed by atoms with Crippen LogP contribution in [0, 0.1) is 0 Å². The number of halogens is 2. The maximum Gasteiger partial charge on any atom is 0.228 e. The third-order valence-electron chi connectivity index (χ3n) is 3.35. The average molecular weight is 307 g/mol. The maximum absolute atomic E-state index is 5.75. The molecule has 100 valence electrons. The van der Waals surface area contributed by atoms with Crippen LogP contribution < -0.4 is 5.32 Å². The third kappa shape index (κ3) is 3.62. The Labute approximate surface area is 121 Å². The Morgan fingerprint density at radius 1 is 1.11 bits per heavy atom. The lowest BCUT2D eigenvalue weighted by Gasteiger charge is -2.35. The van der Waals surface area contributed by atoms with Crippen LogP contribution in [-0.4, -0.2) is 32.5 Å². The van der Waals surface area contributed by atoms with Crippen molar-refractivity contribution >= 4 is 40.9 Å². The summed E-state index contributed by atoms with van der Waals surface area (Å²) in [4.78, 5) is 11.8. The standard InChI is InChI=1S/C11H16Cl2N4S/c1-18-11(5-3-2-4-6-11)7-14-10-16-8(12)15-9(13)17-10/h2-7H2,1H3,(H,14,15,16,17).